The van der Waals surface area contributed by atoms with Crippen LogP contribution in [0.15, 0.2) is 41.0 Å². The zero-order chi connectivity index (χ0) is 12.1. The Balaban J connectivity index is 1.78. The van der Waals surface area contributed by atoms with Gasteiger partial charge >= 0.3 is 0 Å². The fourth-order valence-electron chi connectivity index (χ4n) is 1.55. The molecule has 1 aromatic heterocycles. The molecule has 0 bridgehead atoms. The predicted molar refractivity (Wildman–Crippen MR) is 65.5 cm³/mol. The third kappa shape index (κ3) is 3.58. The predicted octanol–water partition coefficient (Wildman–Crippen LogP) is 3.40. The van der Waals surface area contributed by atoms with Crippen molar-refractivity contribution in [2.75, 3.05) is 6.54 Å². The van der Waals surface area contributed by atoms with Gasteiger partial charge in [0.1, 0.15) is 11.6 Å². The molecule has 1 aromatic carbocycles. The van der Waals surface area contributed by atoms with Crippen LogP contribution in [0.1, 0.15) is 11.3 Å². The van der Waals surface area contributed by atoms with Crippen molar-refractivity contribution >= 4 is 11.6 Å². The standard InChI is InChI=1S/C13H13ClFNO/c14-13-8-11(15)4-3-10(13)9-16-6-5-12-2-1-7-17-12/h1-4,7-8,16H,5-6,9H2. The van der Waals surface area contributed by atoms with Crippen LogP contribution in [0.2, 0.25) is 5.02 Å². The summed E-state index contributed by atoms with van der Waals surface area (Å²) in [6, 6.07) is 8.23. The maximum atomic E-state index is 12.8. The largest absolute Gasteiger partial charge is 0.469 e. The van der Waals surface area contributed by atoms with Crippen LogP contribution in [-0.2, 0) is 13.0 Å². The Labute approximate surface area is 104 Å². The lowest BCUT2D eigenvalue weighted by atomic mass is 10.2. The maximum Gasteiger partial charge on any atom is 0.124 e. The normalized spacial score (nSPS) is 10.7. The number of halogens is 2. The van der Waals surface area contributed by atoms with Crippen LogP contribution in [0, 0.1) is 5.82 Å². The van der Waals surface area contributed by atoms with E-state index in [4.69, 9.17) is 16.0 Å². The van der Waals surface area contributed by atoms with Gasteiger partial charge in [0.2, 0.25) is 0 Å². The number of rotatable bonds is 5. The van der Waals surface area contributed by atoms with Crippen molar-refractivity contribution in [3.8, 4) is 0 Å². The Morgan fingerprint density at radius 2 is 2.18 bits per heavy atom. The minimum Gasteiger partial charge on any atom is -0.469 e. The van der Waals surface area contributed by atoms with E-state index in [1.165, 1.54) is 12.1 Å². The van der Waals surface area contributed by atoms with E-state index in [1.807, 2.05) is 12.1 Å². The highest BCUT2D eigenvalue weighted by Crippen LogP contribution is 2.16. The third-order valence-corrected chi connectivity index (χ3v) is 2.81. The molecule has 0 aliphatic heterocycles. The van der Waals surface area contributed by atoms with Crippen LogP contribution in [0.3, 0.4) is 0 Å². The maximum absolute atomic E-state index is 12.8. The van der Waals surface area contributed by atoms with Gasteiger partial charge in [0.15, 0.2) is 0 Å². The molecule has 2 rings (SSSR count). The number of hydrogen-bond acceptors (Lipinski definition) is 2. The minimum absolute atomic E-state index is 0.311. The van der Waals surface area contributed by atoms with Gasteiger partial charge in [0.05, 0.1) is 6.26 Å². The molecular weight excluding hydrogens is 241 g/mol. The van der Waals surface area contributed by atoms with Crippen molar-refractivity contribution < 1.29 is 8.81 Å². The fraction of sp³-hybridized carbons (Fsp3) is 0.231. The van der Waals surface area contributed by atoms with Gasteiger partial charge in [0.25, 0.3) is 0 Å². The van der Waals surface area contributed by atoms with Crippen LogP contribution in [0.5, 0.6) is 0 Å². The molecule has 0 aliphatic rings. The van der Waals surface area contributed by atoms with E-state index in [9.17, 15) is 4.39 Å². The summed E-state index contributed by atoms with van der Waals surface area (Å²) >= 11 is 5.91. The molecule has 2 aromatic rings. The topological polar surface area (TPSA) is 25.2 Å². The average molecular weight is 254 g/mol. The van der Waals surface area contributed by atoms with Crippen molar-refractivity contribution in [1.29, 1.82) is 0 Å². The number of nitrogens with one attached hydrogen (secondary N) is 1. The third-order valence-electron chi connectivity index (χ3n) is 2.46. The van der Waals surface area contributed by atoms with Crippen LogP contribution in [-0.4, -0.2) is 6.54 Å². The van der Waals surface area contributed by atoms with Gasteiger partial charge in [-0.05, 0) is 29.8 Å². The van der Waals surface area contributed by atoms with E-state index in [0.717, 1.165) is 24.3 Å². The molecule has 0 aliphatic carbocycles. The van der Waals surface area contributed by atoms with Gasteiger partial charge in [-0.15, -0.1) is 0 Å². The molecule has 17 heavy (non-hydrogen) atoms. The van der Waals surface area contributed by atoms with E-state index >= 15 is 0 Å². The van der Waals surface area contributed by atoms with Crippen LogP contribution in [0.25, 0.3) is 0 Å². The van der Waals surface area contributed by atoms with Gasteiger partial charge in [-0.2, -0.15) is 0 Å². The lowest BCUT2D eigenvalue weighted by molar-refractivity contribution is 0.499. The SMILES string of the molecule is Fc1ccc(CNCCc2ccco2)c(Cl)c1. The Hall–Kier alpha value is -1.32. The summed E-state index contributed by atoms with van der Waals surface area (Å²) in [6.45, 7) is 1.42. The second-order valence-electron chi connectivity index (χ2n) is 3.74. The minimum atomic E-state index is -0.311. The zero-order valence-corrected chi connectivity index (χ0v) is 10.0. The van der Waals surface area contributed by atoms with Crippen LogP contribution >= 0.6 is 11.6 Å². The summed E-state index contributed by atoms with van der Waals surface area (Å²) in [5.74, 6) is 0.636. The van der Waals surface area contributed by atoms with E-state index in [0.29, 0.717) is 11.6 Å². The summed E-state index contributed by atoms with van der Waals surface area (Å²) in [5.41, 5.74) is 0.896. The van der Waals surface area contributed by atoms with Gasteiger partial charge in [-0.1, -0.05) is 17.7 Å². The summed E-state index contributed by atoms with van der Waals surface area (Å²) in [5, 5.41) is 3.69. The van der Waals surface area contributed by atoms with Crippen molar-refractivity contribution in [1.82, 2.24) is 5.32 Å². The first kappa shape index (κ1) is 12.1. The van der Waals surface area contributed by atoms with Gasteiger partial charge in [-0.25, -0.2) is 4.39 Å². The number of furan rings is 1. The van der Waals surface area contributed by atoms with Crippen LogP contribution < -0.4 is 5.32 Å². The second-order valence-corrected chi connectivity index (χ2v) is 4.15. The van der Waals surface area contributed by atoms with Crippen LogP contribution in [0.4, 0.5) is 4.39 Å². The molecule has 2 nitrogen and oxygen atoms in total. The molecule has 1 N–H and O–H groups in total. The molecule has 0 atom stereocenters. The summed E-state index contributed by atoms with van der Waals surface area (Å²) < 4.78 is 18.0. The molecule has 0 unspecified atom stereocenters. The van der Waals surface area contributed by atoms with Crippen molar-refractivity contribution in [2.45, 2.75) is 13.0 Å². The monoisotopic (exact) mass is 253 g/mol. The highest BCUT2D eigenvalue weighted by atomic mass is 35.5. The lowest BCUT2D eigenvalue weighted by Crippen LogP contribution is -2.16. The molecule has 1 heterocycles. The number of benzene rings is 1. The highest BCUT2D eigenvalue weighted by molar-refractivity contribution is 6.31. The van der Waals surface area contributed by atoms with E-state index in [1.54, 1.807) is 12.3 Å². The number of hydrogen-bond donors (Lipinski definition) is 1. The Bertz CT molecular complexity index is 470. The summed E-state index contributed by atoms with van der Waals surface area (Å²) in [6.07, 6.45) is 2.48. The first-order valence-electron chi connectivity index (χ1n) is 5.43. The molecule has 90 valence electrons. The Kier molecular flexibility index (Phi) is 4.18. The van der Waals surface area contributed by atoms with Gasteiger partial charge in [0, 0.05) is 24.5 Å². The molecule has 0 fully saturated rings. The summed E-state index contributed by atoms with van der Waals surface area (Å²) in [4.78, 5) is 0. The molecule has 0 radical (unpaired) electrons. The smallest absolute Gasteiger partial charge is 0.124 e. The molecule has 0 spiro atoms. The van der Waals surface area contributed by atoms with Gasteiger partial charge in [-0.3, -0.25) is 0 Å². The molecule has 0 saturated heterocycles. The first-order valence-corrected chi connectivity index (χ1v) is 5.80. The van der Waals surface area contributed by atoms with Crippen molar-refractivity contribution in [2.24, 2.45) is 0 Å². The van der Waals surface area contributed by atoms with E-state index in [-0.39, 0.29) is 5.82 Å². The second kappa shape index (κ2) is 5.84. The first-order chi connectivity index (χ1) is 8.25. The summed E-state index contributed by atoms with van der Waals surface area (Å²) in [7, 11) is 0. The Morgan fingerprint density at radius 3 is 2.88 bits per heavy atom. The molecule has 0 amide bonds. The lowest BCUT2D eigenvalue weighted by Gasteiger charge is -2.05. The molecule has 0 saturated carbocycles. The Morgan fingerprint density at radius 1 is 1.29 bits per heavy atom. The van der Waals surface area contributed by atoms with Crippen molar-refractivity contribution in [3.05, 3.63) is 58.8 Å². The molecular formula is C13H13ClFNO. The van der Waals surface area contributed by atoms with Crippen molar-refractivity contribution in [3.63, 3.8) is 0 Å². The van der Waals surface area contributed by atoms with E-state index < -0.39 is 0 Å². The average Bonchev–Trinajstić information content (AvgIpc) is 2.79. The molecule has 4 heteroatoms. The van der Waals surface area contributed by atoms with Gasteiger partial charge < -0.3 is 9.73 Å². The highest BCUT2D eigenvalue weighted by Gasteiger charge is 2.01. The quantitative estimate of drug-likeness (QED) is 0.827. The zero-order valence-electron chi connectivity index (χ0n) is 9.25. The van der Waals surface area contributed by atoms with E-state index in [2.05, 4.69) is 5.32 Å². The fourth-order valence-corrected chi connectivity index (χ4v) is 1.79.